The summed E-state index contributed by atoms with van der Waals surface area (Å²) in [6.07, 6.45) is 4.55. The number of hydrogen-bond acceptors (Lipinski definition) is 7. The highest BCUT2D eigenvalue weighted by Gasteiger charge is 2.51. The van der Waals surface area contributed by atoms with Crippen LogP contribution in [0.2, 0.25) is 0 Å². The summed E-state index contributed by atoms with van der Waals surface area (Å²) in [5, 5.41) is 13.4. The number of furan rings is 1. The zero-order chi connectivity index (χ0) is 30.1. The number of nitrogens with zero attached hydrogens (tertiary/aromatic N) is 2. The van der Waals surface area contributed by atoms with Crippen LogP contribution in [0.1, 0.15) is 41.9 Å². The van der Waals surface area contributed by atoms with Crippen LogP contribution < -0.4 is 10.2 Å². The van der Waals surface area contributed by atoms with Crippen molar-refractivity contribution in [2.45, 2.75) is 50.2 Å². The predicted octanol–water partition coefficient (Wildman–Crippen LogP) is 4.81. The molecule has 3 aliphatic heterocycles. The highest BCUT2D eigenvalue weighted by Crippen LogP contribution is 2.39. The molecule has 2 fully saturated rings. The van der Waals surface area contributed by atoms with Gasteiger partial charge in [-0.1, -0.05) is 60.7 Å². The molecule has 1 spiro atoms. The second-order valence-corrected chi connectivity index (χ2v) is 11.6. The van der Waals surface area contributed by atoms with E-state index in [2.05, 4.69) is 10.2 Å². The number of nitrogens with one attached hydrogen (secondary N) is 1. The summed E-state index contributed by atoms with van der Waals surface area (Å²) in [5.74, 6) is -0.103. The van der Waals surface area contributed by atoms with Crippen molar-refractivity contribution < 1.29 is 28.6 Å². The summed E-state index contributed by atoms with van der Waals surface area (Å²) < 4.78 is 18.3. The van der Waals surface area contributed by atoms with Gasteiger partial charge in [0.2, 0.25) is 12.2 Å². The van der Waals surface area contributed by atoms with Crippen molar-refractivity contribution in [3.8, 4) is 0 Å². The highest BCUT2D eigenvalue weighted by atomic mass is 16.7. The molecular formula is C35H35N3O6. The molecule has 0 radical (unpaired) electrons. The van der Waals surface area contributed by atoms with Gasteiger partial charge >= 0.3 is 0 Å². The Balaban J connectivity index is 1.11. The number of carbonyl (C=O) groups excluding carboxylic acids is 2. The van der Waals surface area contributed by atoms with Gasteiger partial charge in [-0.2, -0.15) is 0 Å². The number of rotatable bonds is 7. The molecule has 4 heterocycles. The minimum Gasteiger partial charge on any atom is -0.464 e. The Morgan fingerprint density at radius 1 is 0.977 bits per heavy atom. The Hall–Kier alpha value is -4.60. The van der Waals surface area contributed by atoms with Crippen molar-refractivity contribution in [2.75, 3.05) is 24.7 Å². The molecule has 4 aromatic rings. The van der Waals surface area contributed by atoms with Gasteiger partial charge in [0.1, 0.15) is 11.1 Å². The van der Waals surface area contributed by atoms with Crippen molar-refractivity contribution >= 4 is 28.5 Å². The number of carbonyl (C=O) groups is 2. The van der Waals surface area contributed by atoms with E-state index in [9.17, 15) is 14.7 Å². The second-order valence-electron chi connectivity index (χ2n) is 11.6. The molecule has 2 amide bonds. The van der Waals surface area contributed by atoms with E-state index >= 15 is 0 Å². The average Bonchev–Trinajstić information content (AvgIpc) is 3.65. The fraction of sp³-hybridized carbons (Fsp3) is 0.314. The molecule has 0 aliphatic carbocycles. The number of hydrogen-bond donors (Lipinski definition) is 2. The lowest BCUT2D eigenvalue weighted by Gasteiger charge is -2.43. The molecule has 226 valence electrons. The third kappa shape index (κ3) is 5.22. The van der Waals surface area contributed by atoms with E-state index in [0.29, 0.717) is 45.6 Å². The molecular weight excluding hydrogens is 558 g/mol. The fourth-order valence-corrected chi connectivity index (χ4v) is 6.61. The normalized spacial score (nSPS) is 21.3. The Morgan fingerprint density at radius 3 is 2.48 bits per heavy atom. The first kappa shape index (κ1) is 28.2. The van der Waals surface area contributed by atoms with Gasteiger partial charge in [0.15, 0.2) is 5.76 Å². The SMILES string of the molecule is O=C(C1=C[C@@H](c2coc3ccccc23)C[C@@H](OCc2ccc(CO)cc2)O1)N1CCC2(CC1)C(=O)NCN2c1ccccc1. The number of anilines is 1. The minimum absolute atomic E-state index is 0.00830. The van der Waals surface area contributed by atoms with Crippen LogP contribution in [0.25, 0.3) is 11.0 Å². The lowest BCUT2D eigenvalue weighted by atomic mass is 9.85. The van der Waals surface area contributed by atoms with Crippen LogP contribution in [0.3, 0.4) is 0 Å². The molecule has 1 aromatic heterocycles. The van der Waals surface area contributed by atoms with Crippen LogP contribution in [-0.2, 0) is 32.3 Å². The first-order valence-electron chi connectivity index (χ1n) is 15.1. The molecule has 7 rings (SSSR count). The number of amides is 2. The molecule has 0 unspecified atom stereocenters. The van der Waals surface area contributed by atoms with Crippen LogP contribution in [-0.4, -0.2) is 53.4 Å². The number of benzene rings is 3. The predicted molar refractivity (Wildman–Crippen MR) is 164 cm³/mol. The van der Waals surface area contributed by atoms with Crippen molar-refractivity contribution in [1.82, 2.24) is 10.2 Å². The third-order valence-electron chi connectivity index (χ3n) is 9.10. The van der Waals surface area contributed by atoms with Gasteiger partial charge in [0.05, 0.1) is 26.1 Å². The van der Waals surface area contributed by atoms with Crippen LogP contribution in [0.4, 0.5) is 5.69 Å². The molecule has 0 saturated carbocycles. The van der Waals surface area contributed by atoms with Crippen LogP contribution in [0.5, 0.6) is 0 Å². The number of aliphatic hydroxyl groups excluding tert-OH is 1. The third-order valence-corrected chi connectivity index (χ3v) is 9.10. The van der Waals surface area contributed by atoms with Crippen molar-refractivity contribution in [2.24, 2.45) is 0 Å². The van der Waals surface area contributed by atoms with Gasteiger partial charge in [0.25, 0.3) is 5.91 Å². The summed E-state index contributed by atoms with van der Waals surface area (Å²) in [4.78, 5) is 31.0. The van der Waals surface area contributed by atoms with E-state index in [4.69, 9.17) is 13.9 Å². The summed E-state index contributed by atoms with van der Waals surface area (Å²) in [5.41, 5.74) is 3.85. The summed E-state index contributed by atoms with van der Waals surface area (Å²) >= 11 is 0. The maximum absolute atomic E-state index is 14.0. The maximum Gasteiger partial charge on any atom is 0.288 e. The standard InChI is InChI=1S/C35H35N3O6/c39-20-24-10-12-25(13-11-24)21-43-32-19-26(29-22-42-30-9-5-4-8-28(29)30)18-31(44-32)33(40)37-16-14-35(15-17-37)34(41)36-23-38(35)27-6-2-1-3-7-27/h1-13,18,22,26,32,39H,14-17,19-21,23H2,(H,36,41)/t26-,32+/m1/s1. The van der Waals surface area contributed by atoms with E-state index < -0.39 is 11.8 Å². The number of piperidine rings is 1. The van der Waals surface area contributed by atoms with Gasteiger partial charge < -0.3 is 34.1 Å². The smallest absolute Gasteiger partial charge is 0.288 e. The minimum atomic E-state index is -0.685. The Morgan fingerprint density at radius 2 is 1.70 bits per heavy atom. The van der Waals surface area contributed by atoms with E-state index in [1.165, 1.54) is 0 Å². The first-order valence-corrected chi connectivity index (χ1v) is 15.1. The largest absolute Gasteiger partial charge is 0.464 e. The Kier molecular flexibility index (Phi) is 7.57. The molecule has 2 saturated heterocycles. The van der Waals surface area contributed by atoms with Gasteiger partial charge in [-0.15, -0.1) is 0 Å². The molecule has 9 heteroatoms. The number of fused-ring (bicyclic) bond motifs is 1. The average molecular weight is 594 g/mol. The van der Waals surface area contributed by atoms with E-state index in [1.54, 1.807) is 11.2 Å². The maximum atomic E-state index is 14.0. The van der Waals surface area contributed by atoms with Crippen molar-refractivity contribution in [1.29, 1.82) is 0 Å². The highest BCUT2D eigenvalue weighted by molar-refractivity contribution is 5.95. The number of allylic oxidation sites excluding steroid dienone is 1. The molecule has 2 N–H and O–H groups in total. The van der Waals surface area contributed by atoms with Crippen molar-refractivity contribution in [3.05, 3.63) is 114 Å². The summed E-state index contributed by atoms with van der Waals surface area (Å²) in [7, 11) is 0. The van der Waals surface area contributed by atoms with Gasteiger partial charge in [-0.25, -0.2) is 0 Å². The van der Waals surface area contributed by atoms with E-state index in [-0.39, 0.29) is 30.1 Å². The van der Waals surface area contributed by atoms with Gasteiger partial charge in [0, 0.05) is 42.1 Å². The van der Waals surface area contributed by atoms with Crippen molar-refractivity contribution in [3.63, 3.8) is 0 Å². The van der Waals surface area contributed by atoms with Crippen LogP contribution in [0, 0.1) is 0 Å². The lowest BCUT2D eigenvalue weighted by molar-refractivity contribution is -0.157. The number of para-hydroxylation sites is 2. The van der Waals surface area contributed by atoms with Gasteiger partial charge in [-0.05, 0) is 48.2 Å². The van der Waals surface area contributed by atoms with Crippen LogP contribution in [0.15, 0.2) is 101 Å². The second kappa shape index (κ2) is 11.8. The monoisotopic (exact) mass is 593 g/mol. The Labute approximate surface area is 255 Å². The molecule has 2 atom stereocenters. The molecule has 0 bridgehead atoms. The van der Waals surface area contributed by atoms with E-state index in [0.717, 1.165) is 33.3 Å². The van der Waals surface area contributed by atoms with Gasteiger partial charge in [-0.3, -0.25) is 9.59 Å². The van der Waals surface area contributed by atoms with Crippen LogP contribution >= 0.6 is 0 Å². The zero-order valence-corrected chi connectivity index (χ0v) is 24.4. The first-order chi connectivity index (χ1) is 21.5. The molecule has 3 aliphatic rings. The molecule has 3 aromatic carbocycles. The molecule has 44 heavy (non-hydrogen) atoms. The summed E-state index contributed by atoms with van der Waals surface area (Å²) in [6, 6.07) is 25.4. The Bertz CT molecular complexity index is 1670. The molecule has 9 nitrogen and oxygen atoms in total. The summed E-state index contributed by atoms with van der Waals surface area (Å²) in [6.45, 7) is 1.59. The quantitative estimate of drug-likeness (QED) is 0.317. The number of aliphatic hydroxyl groups is 1. The van der Waals surface area contributed by atoms with E-state index in [1.807, 2.05) is 84.9 Å². The fourth-order valence-electron chi connectivity index (χ4n) is 6.61. The lowest BCUT2D eigenvalue weighted by Crippen LogP contribution is -2.57. The number of ether oxygens (including phenoxy) is 2. The zero-order valence-electron chi connectivity index (χ0n) is 24.4. The number of likely N-dealkylation sites (tertiary alicyclic amines) is 1. The topological polar surface area (TPSA) is 104 Å².